The highest BCUT2D eigenvalue weighted by molar-refractivity contribution is 7.15. The SMILES string of the molecule is CC1(C)CC(NC(=O)Nc2ncc(C3CCOCC3)s2)CC(C)(C)N1. The average Bonchev–Trinajstić information content (AvgIpc) is 2.93. The Hall–Kier alpha value is -1.18. The first kappa shape index (κ1) is 18.6. The fourth-order valence-corrected chi connectivity index (χ4v) is 5.24. The third-order valence-electron chi connectivity index (χ3n) is 4.89. The van der Waals surface area contributed by atoms with E-state index < -0.39 is 0 Å². The molecule has 1 aromatic rings. The molecule has 3 rings (SSSR count). The number of nitrogens with zero attached hydrogens (tertiary/aromatic N) is 1. The molecule has 0 aromatic carbocycles. The van der Waals surface area contributed by atoms with E-state index in [1.54, 1.807) is 11.3 Å². The summed E-state index contributed by atoms with van der Waals surface area (Å²) in [5, 5.41) is 10.3. The third kappa shape index (κ3) is 5.15. The lowest BCUT2D eigenvalue weighted by Gasteiger charge is -2.46. The van der Waals surface area contributed by atoms with E-state index in [1.807, 2.05) is 6.20 Å². The largest absolute Gasteiger partial charge is 0.381 e. The van der Waals surface area contributed by atoms with Gasteiger partial charge in [-0.3, -0.25) is 5.32 Å². The van der Waals surface area contributed by atoms with Crippen LogP contribution in [-0.4, -0.2) is 41.3 Å². The van der Waals surface area contributed by atoms with Crippen LogP contribution in [-0.2, 0) is 4.74 Å². The van der Waals surface area contributed by atoms with Crippen molar-refractivity contribution in [2.75, 3.05) is 18.5 Å². The van der Waals surface area contributed by atoms with Crippen LogP contribution >= 0.6 is 11.3 Å². The van der Waals surface area contributed by atoms with Gasteiger partial charge in [-0.25, -0.2) is 9.78 Å². The van der Waals surface area contributed by atoms with Gasteiger partial charge in [0.2, 0.25) is 0 Å². The second kappa shape index (κ2) is 7.21. The Kier molecular flexibility index (Phi) is 5.37. The van der Waals surface area contributed by atoms with E-state index in [2.05, 4.69) is 48.6 Å². The van der Waals surface area contributed by atoms with E-state index in [9.17, 15) is 4.79 Å². The van der Waals surface area contributed by atoms with E-state index in [0.717, 1.165) is 38.9 Å². The Morgan fingerprint density at radius 3 is 2.52 bits per heavy atom. The molecule has 2 saturated heterocycles. The molecular weight excluding hydrogens is 336 g/mol. The quantitative estimate of drug-likeness (QED) is 0.766. The second-order valence-electron chi connectivity index (χ2n) is 8.55. The Morgan fingerprint density at radius 2 is 1.88 bits per heavy atom. The number of hydrogen-bond donors (Lipinski definition) is 3. The lowest BCUT2D eigenvalue weighted by atomic mass is 9.80. The van der Waals surface area contributed by atoms with Gasteiger partial charge in [0.15, 0.2) is 5.13 Å². The molecule has 0 radical (unpaired) electrons. The van der Waals surface area contributed by atoms with Crippen LogP contribution in [0.25, 0.3) is 0 Å². The minimum Gasteiger partial charge on any atom is -0.381 e. The molecule has 3 heterocycles. The van der Waals surface area contributed by atoms with Crippen LogP contribution in [0.5, 0.6) is 0 Å². The number of carbonyl (C=O) groups excluding carboxylic acids is 1. The zero-order valence-corrected chi connectivity index (χ0v) is 16.5. The maximum Gasteiger partial charge on any atom is 0.321 e. The Bertz CT molecular complexity index is 592. The van der Waals surface area contributed by atoms with Crippen molar-refractivity contribution in [3.63, 3.8) is 0 Å². The van der Waals surface area contributed by atoms with Gasteiger partial charge in [0, 0.05) is 41.4 Å². The van der Waals surface area contributed by atoms with Crippen molar-refractivity contribution >= 4 is 22.5 Å². The molecule has 0 spiro atoms. The van der Waals surface area contributed by atoms with Gasteiger partial charge in [-0.05, 0) is 59.3 Å². The molecule has 2 aliphatic rings. The van der Waals surface area contributed by atoms with Crippen molar-refractivity contribution in [2.45, 2.75) is 76.4 Å². The zero-order valence-electron chi connectivity index (χ0n) is 15.6. The van der Waals surface area contributed by atoms with Gasteiger partial charge in [0.1, 0.15) is 0 Å². The van der Waals surface area contributed by atoms with Crippen LogP contribution in [0.2, 0.25) is 0 Å². The number of urea groups is 1. The first-order valence-corrected chi connectivity index (χ1v) is 9.94. The average molecular weight is 367 g/mol. The maximum absolute atomic E-state index is 12.4. The van der Waals surface area contributed by atoms with Gasteiger partial charge < -0.3 is 15.4 Å². The first-order valence-electron chi connectivity index (χ1n) is 9.13. The smallest absolute Gasteiger partial charge is 0.321 e. The summed E-state index contributed by atoms with van der Waals surface area (Å²) < 4.78 is 5.41. The summed E-state index contributed by atoms with van der Waals surface area (Å²) in [5.41, 5.74) is 0.0220. The predicted octanol–water partition coefficient (Wildman–Crippen LogP) is 3.47. The summed E-state index contributed by atoms with van der Waals surface area (Å²) in [7, 11) is 0. The van der Waals surface area contributed by atoms with Gasteiger partial charge in [-0.1, -0.05) is 0 Å². The lowest BCUT2D eigenvalue weighted by molar-refractivity contribution is 0.0860. The molecule has 0 bridgehead atoms. The summed E-state index contributed by atoms with van der Waals surface area (Å²) in [6, 6.07) is -0.00690. The van der Waals surface area contributed by atoms with E-state index in [0.29, 0.717) is 11.0 Å². The van der Waals surface area contributed by atoms with Gasteiger partial charge in [-0.2, -0.15) is 0 Å². The highest BCUT2D eigenvalue weighted by Crippen LogP contribution is 2.33. The van der Waals surface area contributed by atoms with Crippen LogP contribution in [0.3, 0.4) is 0 Å². The Labute approximate surface area is 154 Å². The van der Waals surface area contributed by atoms with Gasteiger partial charge >= 0.3 is 6.03 Å². The van der Waals surface area contributed by atoms with Gasteiger partial charge in [-0.15, -0.1) is 11.3 Å². The Morgan fingerprint density at radius 1 is 1.24 bits per heavy atom. The first-order chi connectivity index (χ1) is 11.7. The fourth-order valence-electron chi connectivity index (χ4n) is 4.26. The minimum atomic E-state index is -0.161. The van der Waals surface area contributed by atoms with Crippen LogP contribution in [0.15, 0.2) is 6.20 Å². The zero-order chi connectivity index (χ0) is 18.1. The van der Waals surface area contributed by atoms with E-state index >= 15 is 0 Å². The number of piperidine rings is 1. The summed E-state index contributed by atoms with van der Waals surface area (Å²) >= 11 is 1.58. The van der Waals surface area contributed by atoms with Crippen LogP contribution in [0, 0.1) is 0 Å². The van der Waals surface area contributed by atoms with Gasteiger partial charge in [0.25, 0.3) is 0 Å². The number of nitrogens with one attached hydrogen (secondary N) is 3. The van der Waals surface area contributed by atoms with Crippen molar-refractivity contribution in [1.82, 2.24) is 15.6 Å². The van der Waals surface area contributed by atoms with Crippen LogP contribution in [0.1, 0.15) is 64.2 Å². The minimum absolute atomic E-state index is 0.0110. The third-order valence-corrected chi connectivity index (χ3v) is 5.97. The van der Waals surface area contributed by atoms with Crippen molar-refractivity contribution < 1.29 is 9.53 Å². The molecule has 140 valence electrons. The fraction of sp³-hybridized carbons (Fsp3) is 0.778. The molecule has 6 nitrogen and oxygen atoms in total. The molecule has 7 heteroatoms. The van der Waals surface area contributed by atoms with Crippen molar-refractivity contribution in [2.24, 2.45) is 0 Å². The molecule has 0 aliphatic carbocycles. The van der Waals surface area contributed by atoms with E-state index in [4.69, 9.17) is 4.74 Å². The van der Waals surface area contributed by atoms with Gasteiger partial charge in [0.05, 0.1) is 0 Å². The van der Waals surface area contributed by atoms with Crippen molar-refractivity contribution in [1.29, 1.82) is 0 Å². The topological polar surface area (TPSA) is 75.3 Å². The molecule has 0 unspecified atom stereocenters. The summed E-state index contributed by atoms with van der Waals surface area (Å²) in [4.78, 5) is 18.0. The molecule has 2 amide bonds. The second-order valence-corrected chi connectivity index (χ2v) is 9.61. The number of amides is 2. The molecule has 0 atom stereocenters. The Balaban J connectivity index is 1.55. The molecule has 2 fully saturated rings. The number of carbonyl (C=O) groups is 1. The molecule has 3 N–H and O–H groups in total. The number of hydrogen-bond acceptors (Lipinski definition) is 5. The monoisotopic (exact) mass is 366 g/mol. The standard InChI is InChI=1S/C18H30N4O2S/c1-17(2)9-13(10-18(3,4)22-17)20-15(23)21-16-19-11-14(25-16)12-5-7-24-8-6-12/h11-13,22H,5-10H2,1-4H3,(H2,19,20,21,23). The highest BCUT2D eigenvalue weighted by atomic mass is 32.1. The molecule has 2 aliphatic heterocycles. The number of ether oxygens (including phenoxy) is 1. The molecule has 25 heavy (non-hydrogen) atoms. The van der Waals surface area contributed by atoms with Crippen LogP contribution < -0.4 is 16.0 Å². The summed E-state index contributed by atoms with van der Waals surface area (Å²) in [6.07, 6.45) is 5.79. The maximum atomic E-state index is 12.4. The predicted molar refractivity (Wildman–Crippen MR) is 101 cm³/mol. The van der Waals surface area contributed by atoms with Crippen molar-refractivity contribution in [3.05, 3.63) is 11.1 Å². The summed E-state index contributed by atoms with van der Waals surface area (Å²) in [6.45, 7) is 10.4. The lowest BCUT2D eigenvalue weighted by Crippen LogP contribution is -2.62. The van der Waals surface area contributed by atoms with E-state index in [-0.39, 0.29) is 23.2 Å². The number of thiazole rings is 1. The molecule has 1 aromatic heterocycles. The molecular formula is C18H30N4O2S. The number of rotatable bonds is 3. The number of anilines is 1. The van der Waals surface area contributed by atoms with Crippen LogP contribution in [0.4, 0.5) is 9.93 Å². The highest BCUT2D eigenvalue weighted by Gasteiger charge is 2.38. The van der Waals surface area contributed by atoms with Crippen molar-refractivity contribution in [3.8, 4) is 0 Å². The van der Waals surface area contributed by atoms with E-state index in [1.165, 1.54) is 4.88 Å². The molecule has 0 saturated carbocycles. The normalized spacial score (nSPS) is 24.0. The number of aromatic nitrogens is 1. The summed E-state index contributed by atoms with van der Waals surface area (Å²) in [5.74, 6) is 0.510.